The Morgan fingerprint density at radius 1 is 1.00 bits per heavy atom. The van der Waals surface area contributed by atoms with E-state index in [9.17, 15) is 0 Å². The third-order valence-electron chi connectivity index (χ3n) is 2.25. The van der Waals surface area contributed by atoms with Gasteiger partial charge in [0.2, 0.25) is 12.4 Å². The highest BCUT2D eigenvalue weighted by Crippen LogP contribution is 2.16. The second-order valence-corrected chi connectivity index (χ2v) is 3.40. The number of aromatic nitrogens is 1. The van der Waals surface area contributed by atoms with Crippen LogP contribution in [0.5, 0.6) is 0 Å². The summed E-state index contributed by atoms with van der Waals surface area (Å²) >= 11 is 0. The van der Waals surface area contributed by atoms with Gasteiger partial charge in [-0.3, -0.25) is 4.84 Å². The van der Waals surface area contributed by atoms with Gasteiger partial charge in [0.05, 0.1) is 0 Å². The zero-order valence-electron chi connectivity index (χ0n) is 9.04. The molecule has 2 aromatic rings. The number of hydrogen-bond donors (Lipinski definition) is 0. The molecule has 2 rings (SSSR count). The summed E-state index contributed by atoms with van der Waals surface area (Å²) in [6, 6.07) is 14.3. The molecule has 0 fully saturated rings. The van der Waals surface area contributed by atoms with Gasteiger partial charge in [0, 0.05) is 16.9 Å². The molecule has 0 saturated heterocycles. The minimum Gasteiger partial charge on any atom is -0.267 e. The van der Waals surface area contributed by atoms with E-state index >= 15 is 0 Å². The van der Waals surface area contributed by atoms with Crippen LogP contribution in [0.2, 0.25) is 0 Å². The molecular weight excluding hydrogens is 198 g/mol. The van der Waals surface area contributed by atoms with Crippen molar-refractivity contribution in [2.75, 3.05) is 6.61 Å². The molecule has 0 aliphatic heterocycles. The maximum Gasteiger partial charge on any atom is 0.223 e. The molecule has 0 N–H and O–H groups in total. The zero-order chi connectivity index (χ0) is 11.2. The standard InChI is InChI=1S/C14H14NO/c1-2-12-16-15-10-8-14(9-11-15)13-6-4-3-5-7-13/h2-11H,1,12H2/q+1. The number of pyridine rings is 1. The van der Waals surface area contributed by atoms with Crippen LogP contribution in [0.1, 0.15) is 0 Å². The Kier molecular flexibility index (Phi) is 3.34. The molecular formula is C14H14NO+. The minimum atomic E-state index is 0.509. The van der Waals surface area contributed by atoms with Crippen LogP contribution in [-0.2, 0) is 0 Å². The van der Waals surface area contributed by atoms with E-state index in [4.69, 9.17) is 4.84 Å². The Balaban J connectivity index is 2.16. The van der Waals surface area contributed by atoms with E-state index in [0.717, 1.165) is 0 Å². The Morgan fingerprint density at radius 3 is 2.25 bits per heavy atom. The third kappa shape index (κ3) is 2.48. The van der Waals surface area contributed by atoms with Gasteiger partial charge in [-0.25, -0.2) is 0 Å². The molecule has 16 heavy (non-hydrogen) atoms. The highest BCUT2D eigenvalue weighted by molar-refractivity contribution is 5.61. The first-order valence-corrected chi connectivity index (χ1v) is 5.21. The van der Waals surface area contributed by atoms with Gasteiger partial charge >= 0.3 is 0 Å². The highest BCUT2D eigenvalue weighted by Gasteiger charge is 2.02. The summed E-state index contributed by atoms with van der Waals surface area (Å²) in [5.74, 6) is 0. The van der Waals surface area contributed by atoms with Gasteiger partial charge in [-0.2, -0.15) is 0 Å². The fourth-order valence-corrected chi connectivity index (χ4v) is 1.46. The lowest BCUT2D eigenvalue weighted by Crippen LogP contribution is -2.41. The molecule has 1 aromatic carbocycles. The monoisotopic (exact) mass is 212 g/mol. The van der Waals surface area contributed by atoms with E-state index in [0.29, 0.717) is 6.61 Å². The minimum absolute atomic E-state index is 0.509. The lowest BCUT2D eigenvalue weighted by molar-refractivity contribution is -0.889. The Hall–Kier alpha value is -2.09. The van der Waals surface area contributed by atoms with Crippen LogP contribution in [0.15, 0.2) is 67.5 Å². The zero-order valence-corrected chi connectivity index (χ0v) is 9.04. The topological polar surface area (TPSA) is 13.1 Å². The maximum atomic E-state index is 5.34. The summed E-state index contributed by atoms with van der Waals surface area (Å²) in [7, 11) is 0. The molecule has 0 amide bonds. The van der Waals surface area contributed by atoms with E-state index < -0.39 is 0 Å². The van der Waals surface area contributed by atoms with Crippen LogP contribution in [0, 0.1) is 0 Å². The fourth-order valence-electron chi connectivity index (χ4n) is 1.46. The summed E-state index contributed by atoms with van der Waals surface area (Å²) in [5, 5.41) is 0. The van der Waals surface area contributed by atoms with Gasteiger partial charge in [-0.15, -0.1) is 0 Å². The number of nitrogens with zero attached hydrogens (tertiary/aromatic N) is 1. The molecule has 0 saturated carbocycles. The van der Waals surface area contributed by atoms with Crippen LogP contribution in [-0.4, -0.2) is 6.61 Å². The summed E-state index contributed by atoms with van der Waals surface area (Å²) in [6.45, 7) is 4.11. The lowest BCUT2D eigenvalue weighted by atomic mass is 10.1. The predicted molar refractivity (Wildman–Crippen MR) is 63.7 cm³/mol. The molecule has 1 aromatic heterocycles. The normalized spacial score (nSPS) is 9.75. The van der Waals surface area contributed by atoms with Gasteiger partial charge in [0.1, 0.15) is 0 Å². The quantitative estimate of drug-likeness (QED) is 0.559. The van der Waals surface area contributed by atoms with Crippen molar-refractivity contribution in [1.82, 2.24) is 0 Å². The van der Waals surface area contributed by atoms with Crippen molar-refractivity contribution in [2.24, 2.45) is 0 Å². The fraction of sp³-hybridized carbons (Fsp3) is 0.0714. The molecule has 0 spiro atoms. The smallest absolute Gasteiger partial charge is 0.223 e. The van der Waals surface area contributed by atoms with E-state index in [1.165, 1.54) is 11.1 Å². The third-order valence-corrected chi connectivity index (χ3v) is 2.25. The Labute approximate surface area is 95.4 Å². The Bertz CT molecular complexity index is 448. The molecule has 0 unspecified atom stereocenters. The first-order chi connectivity index (χ1) is 7.90. The largest absolute Gasteiger partial charge is 0.267 e. The van der Waals surface area contributed by atoms with Crippen molar-refractivity contribution in [2.45, 2.75) is 0 Å². The Morgan fingerprint density at radius 2 is 1.62 bits per heavy atom. The first kappa shape index (κ1) is 10.4. The summed E-state index contributed by atoms with van der Waals surface area (Å²) in [4.78, 5) is 5.34. The first-order valence-electron chi connectivity index (χ1n) is 5.21. The van der Waals surface area contributed by atoms with Crippen LogP contribution >= 0.6 is 0 Å². The van der Waals surface area contributed by atoms with Crippen molar-refractivity contribution in [3.05, 3.63) is 67.5 Å². The highest BCUT2D eigenvalue weighted by atomic mass is 16.7. The average Bonchev–Trinajstić information content (AvgIpc) is 2.38. The SMILES string of the molecule is C=CCO[n+]1ccc(-c2ccccc2)cc1. The van der Waals surface area contributed by atoms with E-state index in [-0.39, 0.29) is 0 Å². The summed E-state index contributed by atoms with van der Waals surface area (Å²) in [6.07, 6.45) is 5.51. The van der Waals surface area contributed by atoms with Gasteiger partial charge in [-0.1, -0.05) is 36.9 Å². The predicted octanol–water partition coefficient (Wildman–Crippen LogP) is 2.26. The van der Waals surface area contributed by atoms with Gasteiger partial charge in [-0.05, 0) is 17.2 Å². The van der Waals surface area contributed by atoms with Crippen LogP contribution in [0.4, 0.5) is 0 Å². The maximum absolute atomic E-state index is 5.34. The van der Waals surface area contributed by atoms with E-state index in [2.05, 4.69) is 18.7 Å². The lowest BCUT2D eigenvalue weighted by Gasteiger charge is -1.99. The van der Waals surface area contributed by atoms with Crippen molar-refractivity contribution in [3.63, 3.8) is 0 Å². The number of benzene rings is 1. The van der Waals surface area contributed by atoms with Crippen molar-refractivity contribution >= 4 is 0 Å². The van der Waals surface area contributed by atoms with Crippen molar-refractivity contribution in [1.29, 1.82) is 0 Å². The molecule has 1 heterocycles. The molecule has 0 radical (unpaired) electrons. The molecule has 2 nitrogen and oxygen atoms in total. The van der Waals surface area contributed by atoms with Crippen molar-refractivity contribution in [3.8, 4) is 11.1 Å². The van der Waals surface area contributed by atoms with Gasteiger partial charge in [0.25, 0.3) is 0 Å². The molecule has 0 aliphatic rings. The van der Waals surface area contributed by atoms with Gasteiger partial charge < -0.3 is 0 Å². The average molecular weight is 212 g/mol. The summed E-state index contributed by atoms with van der Waals surface area (Å²) in [5.41, 5.74) is 2.39. The van der Waals surface area contributed by atoms with Crippen LogP contribution in [0.25, 0.3) is 11.1 Å². The number of rotatable bonds is 4. The molecule has 2 heteroatoms. The van der Waals surface area contributed by atoms with E-state index in [1.54, 1.807) is 10.8 Å². The molecule has 80 valence electrons. The number of hydrogen-bond acceptors (Lipinski definition) is 1. The van der Waals surface area contributed by atoms with Crippen molar-refractivity contribution < 1.29 is 9.57 Å². The van der Waals surface area contributed by atoms with Crippen LogP contribution < -0.4 is 9.57 Å². The molecule has 0 bridgehead atoms. The summed E-state index contributed by atoms with van der Waals surface area (Å²) < 4.78 is 1.67. The second kappa shape index (κ2) is 5.12. The molecule has 0 atom stereocenters. The van der Waals surface area contributed by atoms with Gasteiger partial charge in [0.15, 0.2) is 6.61 Å². The van der Waals surface area contributed by atoms with E-state index in [1.807, 2.05) is 42.7 Å². The van der Waals surface area contributed by atoms with Crippen LogP contribution in [0.3, 0.4) is 0 Å². The second-order valence-electron chi connectivity index (χ2n) is 3.40. The molecule has 0 aliphatic carbocycles.